The third-order valence-corrected chi connectivity index (χ3v) is 2.75. The number of benzene rings is 1. The van der Waals surface area contributed by atoms with Crippen LogP contribution in [0.3, 0.4) is 0 Å². The van der Waals surface area contributed by atoms with Gasteiger partial charge in [-0.3, -0.25) is 0 Å². The van der Waals surface area contributed by atoms with E-state index in [1.807, 2.05) is 26.0 Å². The molecule has 3 nitrogen and oxygen atoms in total. The molecule has 82 valence electrons. The Kier molecular flexibility index (Phi) is 2.56. The van der Waals surface area contributed by atoms with Crippen molar-refractivity contribution in [3.8, 4) is 0 Å². The Bertz CT molecular complexity index is 593. The maximum Gasteiger partial charge on any atom is 0.138 e. The SMILES string of the molecule is Cc1cc(C)c2cc(C(=O)[O-])c(Cl)nc2c1. The number of aromatic nitrogens is 1. The molecular weight excluding hydrogens is 226 g/mol. The molecule has 0 unspecified atom stereocenters. The largest absolute Gasteiger partial charge is 0.545 e. The van der Waals surface area contributed by atoms with Crippen LogP contribution >= 0.6 is 11.6 Å². The van der Waals surface area contributed by atoms with Crippen molar-refractivity contribution in [3.63, 3.8) is 0 Å². The van der Waals surface area contributed by atoms with Crippen molar-refractivity contribution in [2.45, 2.75) is 13.8 Å². The van der Waals surface area contributed by atoms with Crippen molar-refractivity contribution in [1.82, 2.24) is 4.98 Å². The highest BCUT2D eigenvalue weighted by molar-refractivity contribution is 6.32. The van der Waals surface area contributed by atoms with E-state index in [2.05, 4.69) is 4.98 Å². The number of carbonyl (C=O) groups is 1. The highest BCUT2D eigenvalue weighted by Crippen LogP contribution is 2.24. The van der Waals surface area contributed by atoms with Crippen molar-refractivity contribution < 1.29 is 9.90 Å². The average molecular weight is 235 g/mol. The number of rotatable bonds is 1. The number of nitrogens with zero attached hydrogens (tertiary/aromatic N) is 1. The molecule has 0 aliphatic rings. The lowest BCUT2D eigenvalue weighted by Crippen LogP contribution is -2.23. The molecule has 0 aliphatic heterocycles. The van der Waals surface area contributed by atoms with Gasteiger partial charge < -0.3 is 9.90 Å². The van der Waals surface area contributed by atoms with Gasteiger partial charge in [0.25, 0.3) is 0 Å². The zero-order valence-electron chi connectivity index (χ0n) is 8.87. The van der Waals surface area contributed by atoms with E-state index in [9.17, 15) is 9.90 Å². The van der Waals surface area contributed by atoms with Crippen molar-refractivity contribution >= 4 is 28.5 Å². The van der Waals surface area contributed by atoms with Gasteiger partial charge in [0.2, 0.25) is 0 Å². The third-order valence-electron chi connectivity index (χ3n) is 2.46. The summed E-state index contributed by atoms with van der Waals surface area (Å²) < 4.78 is 0. The fraction of sp³-hybridized carbons (Fsp3) is 0.167. The Labute approximate surface area is 97.7 Å². The molecular formula is C12H9ClNO2-. The monoisotopic (exact) mass is 234 g/mol. The zero-order valence-corrected chi connectivity index (χ0v) is 9.63. The first kappa shape index (κ1) is 10.9. The van der Waals surface area contributed by atoms with Gasteiger partial charge in [-0.15, -0.1) is 0 Å². The minimum atomic E-state index is -1.31. The smallest absolute Gasteiger partial charge is 0.138 e. The molecule has 1 heterocycles. The highest BCUT2D eigenvalue weighted by Gasteiger charge is 2.07. The molecule has 0 bridgehead atoms. The number of pyridine rings is 1. The lowest BCUT2D eigenvalue weighted by atomic mass is 10.0. The van der Waals surface area contributed by atoms with Gasteiger partial charge in [0.15, 0.2) is 0 Å². The van der Waals surface area contributed by atoms with Crippen molar-refractivity contribution in [1.29, 1.82) is 0 Å². The first-order valence-corrected chi connectivity index (χ1v) is 5.15. The molecule has 0 amide bonds. The summed E-state index contributed by atoms with van der Waals surface area (Å²) in [5.74, 6) is -1.31. The van der Waals surface area contributed by atoms with Gasteiger partial charge in [-0.25, -0.2) is 4.98 Å². The molecule has 1 aromatic heterocycles. The van der Waals surface area contributed by atoms with Gasteiger partial charge in [-0.05, 0) is 37.1 Å². The molecule has 16 heavy (non-hydrogen) atoms. The predicted octanol–water partition coefficient (Wildman–Crippen LogP) is 1.87. The Hall–Kier alpha value is -1.61. The Morgan fingerprint density at radius 2 is 2.00 bits per heavy atom. The van der Waals surface area contributed by atoms with Crippen molar-refractivity contribution in [3.05, 3.63) is 40.0 Å². The number of carboxylic acid groups (broad SMARTS) is 1. The fourth-order valence-corrected chi connectivity index (χ4v) is 1.97. The molecule has 0 fully saturated rings. The van der Waals surface area contributed by atoms with Crippen LogP contribution in [0.4, 0.5) is 0 Å². The summed E-state index contributed by atoms with van der Waals surface area (Å²) in [5.41, 5.74) is 2.67. The number of aryl methyl sites for hydroxylation is 2. The van der Waals surface area contributed by atoms with E-state index >= 15 is 0 Å². The lowest BCUT2D eigenvalue weighted by molar-refractivity contribution is -0.255. The number of carboxylic acids is 1. The van der Waals surface area contributed by atoms with E-state index in [1.165, 1.54) is 6.07 Å². The summed E-state index contributed by atoms with van der Waals surface area (Å²) in [6.45, 7) is 3.86. The number of carbonyl (C=O) groups excluding carboxylic acids is 1. The molecule has 2 aromatic rings. The van der Waals surface area contributed by atoms with Gasteiger partial charge in [0.1, 0.15) is 5.15 Å². The van der Waals surface area contributed by atoms with E-state index in [4.69, 9.17) is 11.6 Å². The van der Waals surface area contributed by atoms with Crippen LogP contribution in [0.2, 0.25) is 5.15 Å². The van der Waals surface area contributed by atoms with Crippen molar-refractivity contribution in [2.24, 2.45) is 0 Å². The summed E-state index contributed by atoms with van der Waals surface area (Å²) in [5, 5.41) is 11.6. The van der Waals surface area contributed by atoms with Crippen molar-refractivity contribution in [2.75, 3.05) is 0 Å². The summed E-state index contributed by atoms with van der Waals surface area (Å²) >= 11 is 5.77. The predicted molar refractivity (Wildman–Crippen MR) is 60.6 cm³/mol. The van der Waals surface area contributed by atoms with E-state index in [-0.39, 0.29) is 10.7 Å². The topological polar surface area (TPSA) is 53.0 Å². The zero-order chi connectivity index (χ0) is 11.9. The summed E-state index contributed by atoms with van der Waals surface area (Å²) in [7, 11) is 0. The minimum Gasteiger partial charge on any atom is -0.545 e. The van der Waals surface area contributed by atoms with Crippen LogP contribution in [0.15, 0.2) is 18.2 Å². The van der Waals surface area contributed by atoms with Crippen LogP contribution in [0.5, 0.6) is 0 Å². The maximum atomic E-state index is 10.8. The van der Waals surface area contributed by atoms with Crippen LogP contribution in [0.1, 0.15) is 21.5 Å². The summed E-state index contributed by atoms with van der Waals surface area (Å²) in [6, 6.07) is 5.35. The van der Waals surface area contributed by atoms with E-state index in [0.717, 1.165) is 16.5 Å². The van der Waals surface area contributed by atoms with Gasteiger partial charge in [-0.1, -0.05) is 17.7 Å². The quantitative estimate of drug-likeness (QED) is 0.708. The van der Waals surface area contributed by atoms with Crippen LogP contribution in [0, 0.1) is 13.8 Å². The minimum absolute atomic E-state index is 0.0301. The van der Waals surface area contributed by atoms with Gasteiger partial charge in [-0.2, -0.15) is 0 Å². The van der Waals surface area contributed by atoms with E-state index in [0.29, 0.717) is 5.52 Å². The second-order valence-electron chi connectivity index (χ2n) is 3.76. The molecule has 0 radical (unpaired) electrons. The summed E-state index contributed by atoms with van der Waals surface area (Å²) in [6.07, 6.45) is 0. The molecule has 0 N–H and O–H groups in total. The number of halogens is 1. The molecule has 4 heteroatoms. The van der Waals surface area contributed by atoms with Crippen LogP contribution < -0.4 is 5.11 Å². The maximum absolute atomic E-state index is 10.8. The molecule has 0 atom stereocenters. The van der Waals surface area contributed by atoms with Crippen LogP contribution in [-0.2, 0) is 0 Å². The number of hydrogen-bond acceptors (Lipinski definition) is 3. The van der Waals surface area contributed by atoms with Gasteiger partial charge in [0.05, 0.1) is 11.5 Å². The fourth-order valence-electron chi connectivity index (χ4n) is 1.75. The third kappa shape index (κ3) is 1.74. The van der Waals surface area contributed by atoms with Crippen LogP contribution in [0.25, 0.3) is 10.9 Å². The number of aromatic carboxylic acids is 1. The molecule has 2 rings (SSSR count). The van der Waals surface area contributed by atoms with Gasteiger partial charge in [0, 0.05) is 10.9 Å². The lowest BCUT2D eigenvalue weighted by Gasteiger charge is -2.09. The number of hydrogen-bond donors (Lipinski definition) is 0. The van der Waals surface area contributed by atoms with E-state index < -0.39 is 5.97 Å². The molecule has 1 aromatic carbocycles. The Morgan fingerprint density at radius 3 is 2.62 bits per heavy atom. The summed E-state index contributed by atoms with van der Waals surface area (Å²) in [4.78, 5) is 14.9. The second kappa shape index (κ2) is 3.76. The molecule has 0 aliphatic carbocycles. The average Bonchev–Trinajstić information content (AvgIpc) is 2.15. The second-order valence-corrected chi connectivity index (χ2v) is 4.12. The Morgan fingerprint density at radius 1 is 1.31 bits per heavy atom. The first-order chi connectivity index (χ1) is 7.49. The normalized spacial score (nSPS) is 10.7. The standard InChI is InChI=1S/C12H10ClNO2/c1-6-3-7(2)8-5-9(12(15)16)11(13)14-10(8)4-6/h3-5H,1-2H3,(H,15,16)/p-1. The Balaban J connectivity index is 2.84. The molecule has 0 spiro atoms. The molecule has 0 saturated carbocycles. The molecule has 0 saturated heterocycles. The highest BCUT2D eigenvalue weighted by atomic mass is 35.5. The van der Waals surface area contributed by atoms with E-state index in [1.54, 1.807) is 0 Å². The first-order valence-electron chi connectivity index (χ1n) is 4.78. The van der Waals surface area contributed by atoms with Gasteiger partial charge >= 0.3 is 0 Å². The van der Waals surface area contributed by atoms with Crippen LogP contribution in [-0.4, -0.2) is 11.0 Å². The number of fused-ring (bicyclic) bond motifs is 1.